The van der Waals surface area contributed by atoms with Crippen molar-refractivity contribution in [3.8, 4) is 0 Å². The first kappa shape index (κ1) is 30.4. The molecule has 0 aliphatic heterocycles. The van der Waals surface area contributed by atoms with E-state index in [4.69, 9.17) is 0 Å². The number of benzene rings is 3. The molecule has 0 aromatic heterocycles. The van der Waals surface area contributed by atoms with Crippen molar-refractivity contribution in [1.82, 2.24) is 10.2 Å². The number of halogens is 1. The van der Waals surface area contributed by atoms with Gasteiger partial charge in [0.1, 0.15) is 6.04 Å². The zero-order valence-corrected chi connectivity index (χ0v) is 25.0. The number of rotatable bonds is 13. The summed E-state index contributed by atoms with van der Waals surface area (Å²) in [5.74, 6) is -0.435. The Labute approximate surface area is 240 Å². The normalized spacial score (nSPS) is 12.1. The molecular formula is C30H36BrN3O4S. The van der Waals surface area contributed by atoms with Gasteiger partial charge in [-0.3, -0.25) is 13.9 Å². The van der Waals surface area contributed by atoms with Crippen molar-refractivity contribution in [2.75, 3.05) is 17.1 Å². The molecule has 0 saturated heterocycles. The molecule has 9 heteroatoms. The molecule has 3 aromatic rings. The second-order valence-electron chi connectivity index (χ2n) is 9.79. The lowest BCUT2D eigenvalue weighted by Gasteiger charge is -2.32. The fourth-order valence-electron chi connectivity index (χ4n) is 4.36. The zero-order chi connectivity index (χ0) is 28.4. The van der Waals surface area contributed by atoms with Crippen LogP contribution in [0.5, 0.6) is 0 Å². The molecule has 0 unspecified atom stereocenters. The Bertz CT molecular complexity index is 1330. The van der Waals surface area contributed by atoms with Crippen molar-refractivity contribution < 1.29 is 18.0 Å². The maximum atomic E-state index is 13.8. The summed E-state index contributed by atoms with van der Waals surface area (Å²) in [5.41, 5.74) is 2.38. The average molecular weight is 615 g/mol. The van der Waals surface area contributed by atoms with Crippen LogP contribution in [0, 0.1) is 0 Å². The molecule has 0 aliphatic rings. The van der Waals surface area contributed by atoms with Crippen LogP contribution in [-0.2, 0) is 32.6 Å². The van der Waals surface area contributed by atoms with Gasteiger partial charge in [0.15, 0.2) is 0 Å². The predicted molar refractivity (Wildman–Crippen MR) is 160 cm³/mol. The van der Waals surface area contributed by atoms with Gasteiger partial charge in [-0.1, -0.05) is 76.6 Å². The summed E-state index contributed by atoms with van der Waals surface area (Å²) in [6.07, 6.45) is 1.92. The smallest absolute Gasteiger partial charge is 0.243 e. The van der Waals surface area contributed by atoms with Crippen LogP contribution in [0.4, 0.5) is 5.69 Å². The van der Waals surface area contributed by atoms with Gasteiger partial charge >= 0.3 is 0 Å². The van der Waals surface area contributed by atoms with Crippen molar-refractivity contribution in [3.05, 3.63) is 101 Å². The average Bonchev–Trinajstić information content (AvgIpc) is 2.88. The number of anilines is 1. The topological polar surface area (TPSA) is 86.8 Å². The van der Waals surface area contributed by atoms with Crippen LogP contribution in [0.1, 0.15) is 37.8 Å². The molecule has 0 heterocycles. The lowest BCUT2D eigenvalue weighted by molar-refractivity contribution is -0.141. The molecule has 0 aliphatic carbocycles. The number of nitrogens with one attached hydrogen (secondary N) is 1. The number of carbonyl (C=O) groups is 2. The molecule has 0 fully saturated rings. The molecule has 7 nitrogen and oxygen atoms in total. The number of sulfonamides is 1. The van der Waals surface area contributed by atoms with E-state index in [1.165, 1.54) is 4.31 Å². The Kier molecular flexibility index (Phi) is 11.1. The Morgan fingerprint density at radius 2 is 1.51 bits per heavy atom. The standard InChI is InChI=1S/C30H36BrN3O4S/c1-23(2)32-30(36)28(21-24-12-6-4-7-13-24)33(22-25-14-10-15-26(31)20-25)29(35)18-11-19-34(39(3,37)38)27-16-8-5-9-17-27/h4-10,12-17,20,23,28H,11,18-19,21-22H2,1-3H3,(H,32,36)/t28-/m1/s1. The molecule has 0 radical (unpaired) electrons. The lowest BCUT2D eigenvalue weighted by atomic mass is 10.0. The first-order valence-electron chi connectivity index (χ1n) is 13.0. The van der Waals surface area contributed by atoms with Crippen molar-refractivity contribution >= 4 is 43.5 Å². The number of nitrogens with zero attached hydrogens (tertiary/aromatic N) is 2. The van der Waals surface area contributed by atoms with Crippen LogP contribution in [0.2, 0.25) is 0 Å². The highest BCUT2D eigenvalue weighted by atomic mass is 79.9. The second-order valence-corrected chi connectivity index (χ2v) is 12.6. The molecule has 3 aromatic carbocycles. The van der Waals surface area contributed by atoms with Gasteiger partial charge in [-0.05, 0) is 55.7 Å². The van der Waals surface area contributed by atoms with E-state index in [0.29, 0.717) is 18.5 Å². The maximum Gasteiger partial charge on any atom is 0.243 e. The number of para-hydroxylation sites is 1. The molecular weight excluding hydrogens is 578 g/mol. The molecule has 0 saturated carbocycles. The van der Waals surface area contributed by atoms with Crippen LogP contribution >= 0.6 is 15.9 Å². The molecule has 0 spiro atoms. The first-order valence-corrected chi connectivity index (χ1v) is 15.6. The molecule has 0 bridgehead atoms. The van der Waals surface area contributed by atoms with Crippen molar-refractivity contribution in [2.45, 2.75) is 51.7 Å². The van der Waals surface area contributed by atoms with Crippen LogP contribution in [0.25, 0.3) is 0 Å². The SMILES string of the molecule is CC(C)NC(=O)[C@@H](Cc1ccccc1)N(Cc1cccc(Br)c1)C(=O)CCCN(c1ccccc1)S(C)(=O)=O. The van der Waals surface area contributed by atoms with Gasteiger partial charge in [0.05, 0.1) is 11.9 Å². The largest absolute Gasteiger partial charge is 0.352 e. The Balaban J connectivity index is 1.87. The molecule has 3 rings (SSSR count). The third kappa shape index (κ3) is 9.51. The quantitative estimate of drug-likeness (QED) is 0.288. The van der Waals surface area contributed by atoms with Crippen molar-refractivity contribution in [2.24, 2.45) is 0 Å². The van der Waals surface area contributed by atoms with E-state index in [2.05, 4.69) is 21.2 Å². The fraction of sp³-hybridized carbons (Fsp3) is 0.333. The molecule has 39 heavy (non-hydrogen) atoms. The molecule has 1 N–H and O–H groups in total. The van der Waals surface area contributed by atoms with Crippen LogP contribution in [0.3, 0.4) is 0 Å². The van der Waals surface area contributed by atoms with Gasteiger partial charge in [-0.15, -0.1) is 0 Å². The number of amides is 2. The van der Waals surface area contributed by atoms with Gasteiger partial charge < -0.3 is 10.2 Å². The van der Waals surface area contributed by atoms with E-state index >= 15 is 0 Å². The monoisotopic (exact) mass is 613 g/mol. The van der Waals surface area contributed by atoms with Crippen molar-refractivity contribution in [3.63, 3.8) is 0 Å². The Morgan fingerprint density at radius 1 is 0.897 bits per heavy atom. The molecule has 208 valence electrons. The lowest BCUT2D eigenvalue weighted by Crippen LogP contribution is -2.51. The first-order chi connectivity index (χ1) is 18.5. The molecule has 1 atom stereocenters. The minimum absolute atomic E-state index is 0.0900. The minimum Gasteiger partial charge on any atom is -0.352 e. The minimum atomic E-state index is -3.53. The summed E-state index contributed by atoms with van der Waals surface area (Å²) in [6.45, 7) is 4.18. The zero-order valence-electron chi connectivity index (χ0n) is 22.6. The molecule has 2 amide bonds. The van der Waals surface area contributed by atoms with E-state index in [-0.39, 0.29) is 37.4 Å². The number of carbonyl (C=O) groups excluding carboxylic acids is 2. The highest BCUT2D eigenvalue weighted by Crippen LogP contribution is 2.21. The van der Waals surface area contributed by atoms with E-state index in [1.54, 1.807) is 29.2 Å². The third-order valence-corrected chi connectivity index (χ3v) is 7.83. The summed E-state index contributed by atoms with van der Waals surface area (Å²) in [6, 6.07) is 25.3. The predicted octanol–water partition coefficient (Wildman–Crippen LogP) is 5.16. The summed E-state index contributed by atoms with van der Waals surface area (Å²) in [4.78, 5) is 28.9. The van der Waals surface area contributed by atoms with E-state index in [0.717, 1.165) is 21.9 Å². The summed E-state index contributed by atoms with van der Waals surface area (Å²) in [7, 11) is -3.53. The Hall–Kier alpha value is -3.17. The van der Waals surface area contributed by atoms with Crippen molar-refractivity contribution in [1.29, 1.82) is 0 Å². The van der Waals surface area contributed by atoms with E-state index in [9.17, 15) is 18.0 Å². The van der Waals surface area contributed by atoms with Crippen LogP contribution in [0.15, 0.2) is 89.4 Å². The summed E-state index contributed by atoms with van der Waals surface area (Å²) in [5, 5.41) is 2.98. The number of hydrogen-bond donors (Lipinski definition) is 1. The fourth-order valence-corrected chi connectivity index (χ4v) is 5.78. The van der Waals surface area contributed by atoms with Crippen LogP contribution in [-0.4, -0.2) is 50.0 Å². The Morgan fingerprint density at radius 3 is 2.10 bits per heavy atom. The highest BCUT2D eigenvalue weighted by molar-refractivity contribution is 9.10. The third-order valence-electron chi connectivity index (χ3n) is 6.14. The maximum absolute atomic E-state index is 13.8. The van der Waals surface area contributed by atoms with E-state index in [1.807, 2.05) is 74.5 Å². The summed E-state index contributed by atoms with van der Waals surface area (Å²) >= 11 is 3.50. The number of hydrogen-bond acceptors (Lipinski definition) is 4. The second kappa shape index (κ2) is 14.3. The van der Waals surface area contributed by atoms with Gasteiger partial charge in [0.2, 0.25) is 21.8 Å². The summed E-state index contributed by atoms with van der Waals surface area (Å²) < 4.78 is 27.2. The highest BCUT2D eigenvalue weighted by Gasteiger charge is 2.31. The van der Waals surface area contributed by atoms with E-state index < -0.39 is 16.1 Å². The van der Waals surface area contributed by atoms with Gasteiger partial charge in [0, 0.05) is 36.4 Å². The van der Waals surface area contributed by atoms with Crippen LogP contribution < -0.4 is 9.62 Å². The van der Waals surface area contributed by atoms with Gasteiger partial charge in [0.25, 0.3) is 0 Å². The van der Waals surface area contributed by atoms with Gasteiger partial charge in [-0.25, -0.2) is 8.42 Å². The van der Waals surface area contributed by atoms with Gasteiger partial charge in [-0.2, -0.15) is 0 Å².